The Morgan fingerprint density at radius 2 is 1.50 bits per heavy atom. The molecule has 1 aliphatic heterocycles. The maximum absolute atomic E-state index is 5.68. The lowest BCUT2D eigenvalue weighted by Crippen LogP contribution is -2.38. The van der Waals surface area contributed by atoms with Crippen LogP contribution in [0.2, 0.25) is 0 Å². The number of hydrogen-bond acceptors (Lipinski definition) is 1. The van der Waals surface area contributed by atoms with Crippen LogP contribution in [0.25, 0.3) is 0 Å². The fourth-order valence-electron chi connectivity index (χ4n) is 3.96. The van der Waals surface area contributed by atoms with Crippen LogP contribution in [0, 0.1) is 6.92 Å². The Morgan fingerprint density at radius 1 is 0.964 bits per heavy atom. The van der Waals surface area contributed by atoms with Crippen LogP contribution in [0.5, 0.6) is 0 Å². The molecule has 1 saturated heterocycles. The molecule has 2 rings (SSSR count). The largest absolute Gasteiger partial charge is 0.258 e. The van der Waals surface area contributed by atoms with Crippen molar-refractivity contribution in [2.45, 2.75) is 19.9 Å². The van der Waals surface area contributed by atoms with Gasteiger partial charge in [0.25, 0.3) is 0 Å². The van der Waals surface area contributed by atoms with Crippen LogP contribution < -0.4 is 0 Å². The predicted molar refractivity (Wildman–Crippen MR) is 125 cm³/mol. The molecule has 160 valence electrons. The summed E-state index contributed by atoms with van der Waals surface area (Å²) in [6.45, 7) is 5.08. The molecular formula is C19H39N7P2. The third-order valence-electron chi connectivity index (χ3n) is 5.34. The van der Waals surface area contributed by atoms with Crippen molar-refractivity contribution < 1.29 is 0 Å². The van der Waals surface area contributed by atoms with Crippen molar-refractivity contribution in [1.82, 2.24) is 23.4 Å². The quantitative estimate of drug-likeness (QED) is 0.632. The minimum atomic E-state index is -2.19. The van der Waals surface area contributed by atoms with Gasteiger partial charge >= 0.3 is 0 Å². The molecule has 1 aliphatic rings. The third-order valence-corrected chi connectivity index (χ3v) is 13.2. The second-order valence-electron chi connectivity index (χ2n) is 8.01. The Hall–Kier alpha value is -0.520. The minimum Gasteiger partial charge on any atom is -0.258 e. The van der Waals surface area contributed by atoms with E-state index in [2.05, 4.69) is 104 Å². The van der Waals surface area contributed by atoms with E-state index in [0.29, 0.717) is 0 Å². The second kappa shape index (κ2) is 9.53. The number of hydrogen-bond donors (Lipinski definition) is 0. The number of rotatable bonds is 6. The Labute approximate surface area is 172 Å². The number of aryl methyl sites for hydroxylation is 1. The van der Waals surface area contributed by atoms with Crippen LogP contribution in [0.3, 0.4) is 0 Å². The summed E-state index contributed by atoms with van der Waals surface area (Å²) in [5.74, 6) is 0. The van der Waals surface area contributed by atoms with E-state index < -0.39 is 15.0 Å². The van der Waals surface area contributed by atoms with Crippen molar-refractivity contribution >= 4 is 15.0 Å². The zero-order valence-electron chi connectivity index (χ0n) is 19.2. The van der Waals surface area contributed by atoms with Crippen molar-refractivity contribution in [2.24, 2.45) is 9.26 Å². The van der Waals surface area contributed by atoms with Crippen LogP contribution in [-0.4, -0.2) is 92.8 Å². The lowest BCUT2D eigenvalue weighted by molar-refractivity contribution is 0.332. The molecule has 28 heavy (non-hydrogen) atoms. The lowest BCUT2D eigenvalue weighted by atomic mass is 10.1. The summed E-state index contributed by atoms with van der Waals surface area (Å²) < 4.78 is 22.5. The maximum Gasteiger partial charge on any atom is 0.213 e. The summed E-state index contributed by atoms with van der Waals surface area (Å²) in [6.07, 6.45) is 1.15. The van der Waals surface area contributed by atoms with Crippen molar-refractivity contribution in [1.29, 1.82) is 0 Å². The summed E-state index contributed by atoms with van der Waals surface area (Å²) >= 11 is 0. The zero-order valence-corrected chi connectivity index (χ0v) is 21.0. The standard InChI is InChI=1S/C19H39N7P2/c1-18-11-13-19(14-12-18)17-26-16-10-15-25(9)27(26,20-2)21-28(22(3)4,23(5)6)24(7)8/h11-14H,10,15-17H2,1-9H3. The molecule has 0 spiro atoms. The van der Waals surface area contributed by atoms with E-state index in [-0.39, 0.29) is 0 Å². The highest BCUT2D eigenvalue weighted by Gasteiger charge is 2.40. The van der Waals surface area contributed by atoms with Crippen LogP contribution in [0.1, 0.15) is 17.5 Å². The average Bonchev–Trinajstić information content (AvgIpc) is 2.62. The topological polar surface area (TPSA) is 40.9 Å². The minimum absolute atomic E-state index is 0.882. The predicted octanol–water partition coefficient (Wildman–Crippen LogP) is 4.34. The Morgan fingerprint density at radius 3 is 1.96 bits per heavy atom. The fourth-order valence-corrected chi connectivity index (χ4v) is 12.8. The maximum atomic E-state index is 5.68. The molecule has 0 saturated carbocycles. The second-order valence-corrected chi connectivity index (χ2v) is 14.9. The van der Waals surface area contributed by atoms with E-state index in [4.69, 9.17) is 9.26 Å². The Bertz CT molecular complexity index is 728. The molecule has 1 fully saturated rings. The summed E-state index contributed by atoms with van der Waals surface area (Å²) in [5, 5.41) is 0. The first-order valence-corrected chi connectivity index (χ1v) is 13.0. The lowest BCUT2D eigenvalue weighted by Gasteiger charge is -2.48. The average molecular weight is 428 g/mol. The van der Waals surface area contributed by atoms with Crippen LogP contribution in [0.15, 0.2) is 33.5 Å². The molecule has 1 aromatic rings. The van der Waals surface area contributed by atoms with Gasteiger partial charge in [-0.05, 0) is 68.2 Å². The van der Waals surface area contributed by atoms with Gasteiger partial charge in [0.05, 0.1) is 0 Å². The molecule has 0 N–H and O–H groups in total. The molecule has 7 nitrogen and oxygen atoms in total. The van der Waals surface area contributed by atoms with Gasteiger partial charge in [0.1, 0.15) is 0 Å². The molecular weight excluding hydrogens is 388 g/mol. The Kier molecular flexibility index (Phi) is 8.08. The van der Waals surface area contributed by atoms with E-state index in [0.717, 1.165) is 26.1 Å². The van der Waals surface area contributed by atoms with Crippen LogP contribution >= 0.6 is 15.0 Å². The van der Waals surface area contributed by atoms with Gasteiger partial charge in [-0.3, -0.25) is 18.8 Å². The normalized spacial score (nSPS) is 22.3. The number of nitrogens with zero attached hydrogens (tertiary/aromatic N) is 7. The molecule has 1 heterocycles. The zero-order chi connectivity index (χ0) is 21.1. The van der Waals surface area contributed by atoms with Crippen LogP contribution in [-0.2, 0) is 6.54 Å². The van der Waals surface area contributed by atoms with Crippen LogP contribution in [0.4, 0.5) is 0 Å². The SMILES string of the molecule is CN=P1(N=P(N(C)C)(N(C)C)N(C)C)N(C)CCCN1Cc1ccc(C)cc1. The Balaban J connectivity index is 2.64. The van der Waals surface area contributed by atoms with Crippen molar-refractivity contribution in [3.05, 3.63) is 35.4 Å². The van der Waals surface area contributed by atoms with Gasteiger partial charge in [0.15, 0.2) is 7.51 Å². The summed E-state index contributed by atoms with van der Waals surface area (Å²) in [5.41, 5.74) is 2.62. The smallest absolute Gasteiger partial charge is 0.213 e. The van der Waals surface area contributed by atoms with Crippen molar-refractivity contribution in [2.75, 3.05) is 69.5 Å². The van der Waals surface area contributed by atoms with E-state index in [1.807, 2.05) is 7.05 Å². The van der Waals surface area contributed by atoms with Gasteiger partial charge in [-0.1, -0.05) is 29.8 Å². The molecule has 0 aliphatic carbocycles. The molecule has 1 atom stereocenters. The van der Waals surface area contributed by atoms with E-state index in [9.17, 15) is 0 Å². The summed E-state index contributed by atoms with van der Waals surface area (Å²) in [4.78, 5) is 0. The monoisotopic (exact) mass is 427 g/mol. The van der Waals surface area contributed by atoms with Gasteiger partial charge in [-0.2, -0.15) is 4.52 Å². The van der Waals surface area contributed by atoms with E-state index >= 15 is 0 Å². The summed E-state index contributed by atoms with van der Waals surface area (Å²) in [6, 6.07) is 8.86. The van der Waals surface area contributed by atoms with Crippen molar-refractivity contribution in [3.8, 4) is 0 Å². The van der Waals surface area contributed by atoms with Gasteiger partial charge < -0.3 is 0 Å². The molecule has 1 unspecified atom stereocenters. The van der Waals surface area contributed by atoms with E-state index in [1.165, 1.54) is 11.1 Å². The van der Waals surface area contributed by atoms with Gasteiger partial charge in [0, 0.05) is 26.7 Å². The highest BCUT2D eigenvalue weighted by Crippen LogP contribution is 2.69. The molecule has 9 heteroatoms. The van der Waals surface area contributed by atoms with Crippen molar-refractivity contribution in [3.63, 3.8) is 0 Å². The molecule has 0 amide bonds. The molecule has 1 aromatic carbocycles. The first-order valence-electron chi connectivity index (χ1n) is 9.80. The molecule has 0 aromatic heterocycles. The number of benzene rings is 1. The van der Waals surface area contributed by atoms with E-state index in [1.54, 1.807) is 0 Å². The molecule has 0 bridgehead atoms. The first-order chi connectivity index (χ1) is 13.1. The highest BCUT2D eigenvalue weighted by atomic mass is 31.2. The first kappa shape index (κ1) is 23.8. The fraction of sp³-hybridized carbons (Fsp3) is 0.684. The summed E-state index contributed by atoms with van der Waals surface area (Å²) in [7, 11) is 12.7. The third kappa shape index (κ3) is 4.46. The molecule has 0 radical (unpaired) electrons. The van der Waals surface area contributed by atoms with Gasteiger partial charge in [-0.15, -0.1) is 0 Å². The van der Waals surface area contributed by atoms with Gasteiger partial charge in [0.2, 0.25) is 7.51 Å². The highest BCUT2D eigenvalue weighted by molar-refractivity contribution is 7.71. The van der Waals surface area contributed by atoms with Gasteiger partial charge in [-0.25, -0.2) is 9.34 Å².